The van der Waals surface area contributed by atoms with E-state index in [1.54, 1.807) is 12.1 Å². The van der Waals surface area contributed by atoms with Crippen molar-refractivity contribution in [3.8, 4) is 5.75 Å². The molecule has 0 spiro atoms. The second-order valence-corrected chi connectivity index (χ2v) is 7.21. The van der Waals surface area contributed by atoms with Gasteiger partial charge in [-0.25, -0.2) is 8.42 Å². The molecule has 0 atom stereocenters. The van der Waals surface area contributed by atoms with Crippen LogP contribution in [0.2, 0.25) is 0 Å². The van der Waals surface area contributed by atoms with Crippen molar-refractivity contribution >= 4 is 49.3 Å². The fourth-order valence-corrected chi connectivity index (χ4v) is 3.53. The molecule has 14 heteroatoms. The number of nitro benzene ring substituents is 1. The minimum Gasteiger partial charge on any atom is -0.744 e. The summed E-state index contributed by atoms with van der Waals surface area (Å²) in [6.07, 6.45) is 0. The van der Waals surface area contributed by atoms with Crippen LogP contribution in [0.3, 0.4) is 0 Å². The molecule has 1 heterocycles. The molecular weight excluding hydrogens is 427 g/mol. The summed E-state index contributed by atoms with van der Waals surface area (Å²) in [5, 5.41) is 36.4. The van der Waals surface area contributed by atoms with Crippen LogP contribution in [0, 0.1) is 10.1 Å². The molecule has 0 amide bonds. The van der Waals surface area contributed by atoms with Gasteiger partial charge in [-0.1, -0.05) is 17.4 Å². The Balaban J connectivity index is 0.00000256. The second kappa shape index (κ2) is 8.04. The van der Waals surface area contributed by atoms with E-state index in [1.165, 1.54) is 6.07 Å². The first-order chi connectivity index (χ1) is 13.8. The predicted molar refractivity (Wildman–Crippen MR) is 99.0 cm³/mol. The summed E-state index contributed by atoms with van der Waals surface area (Å²) in [4.78, 5) is 9.69. The quantitative estimate of drug-likeness (QED) is 0.202. The fourth-order valence-electron chi connectivity index (χ4n) is 2.83. The molecule has 30 heavy (non-hydrogen) atoms. The third-order valence-corrected chi connectivity index (χ3v) is 4.98. The van der Waals surface area contributed by atoms with Gasteiger partial charge in [-0.15, -0.1) is 15.3 Å². The Labute approximate surface area is 190 Å². The van der Waals surface area contributed by atoms with Crippen LogP contribution in [0.4, 0.5) is 28.4 Å². The molecule has 12 nitrogen and oxygen atoms in total. The van der Waals surface area contributed by atoms with Gasteiger partial charge in [0, 0.05) is 22.9 Å². The van der Waals surface area contributed by atoms with Crippen molar-refractivity contribution in [2.75, 3.05) is 5.43 Å². The molecule has 1 aliphatic rings. The van der Waals surface area contributed by atoms with Gasteiger partial charge < -0.3 is 9.66 Å². The molecule has 2 N–H and O–H groups in total. The topological polar surface area (TPSA) is 182 Å². The Morgan fingerprint density at radius 3 is 2.53 bits per heavy atom. The van der Waals surface area contributed by atoms with E-state index in [2.05, 4.69) is 26.0 Å². The number of nitrogens with one attached hydrogen (secondary N) is 1. The third-order valence-electron chi connectivity index (χ3n) is 4.10. The van der Waals surface area contributed by atoms with E-state index in [4.69, 9.17) is 0 Å². The summed E-state index contributed by atoms with van der Waals surface area (Å²) < 4.78 is 35.3. The van der Waals surface area contributed by atoms with Gasteiger partial charge in [-0.2, -0.15) is 0 Å². The van der Waals surface area contributed by atoms with Crippen molar-refractivity contribution in [3.63, 3.8) is 0 Å². The molecule has 0 radical (unpaired) electrons. The van der Waals surface area contributed by atoms with Gasteiger partial charge in [0.25, 0.3) is 5.69 Å². The maximum atomic E-state index is 11.8. The largest absolute Gasteiger partial charge is 1.00 e. The molecule has 0 bridgehead atoms. The van der Waals surface area contributed by atoms with Crippen LogP contribution in [-0.4, -0.2) is 23.0 Å². The molecule has 4 rings (SSSR count). The van der Waals surface area contributed by atoms with Crippen molar-refractivity contribution < 1.29 is 52.6 Å². The Kier molecular flexibility index (Phi) is 5.83. The first kappa shape index (κ1) is 21.7. The van der Waals surface area contributed by atoms with Gasteiger partial charge in [0.15, 0.2) is 0 Å². The third kappa shape index (κ3) is 3.88. The number of phenols is 1. The number of benzene rings is 3. The molecule has 0 fully saturated rings. The summed E-state index contributed by atoms with van der Waals surface area (Å²) in [6.45, 7) is 0. The van der Waals surface area contributed by atoms with Crippen molar-refractivity contribution in [3.05, 3.63) is 52.6 Å². The number of hydrogen-bond acceptors (Lipinski definition) is 11. The molecule has 0 aliphatic carbocycles. The van der Waals surface area contributed by atoms with E-state index in [1.807, 2.05) is 0 Å². The number of azo groups is 1. The van der Waals surface area contributed by atoms with Gasteiger partial charge in [-0.05, 0) is 18.2 Å². The normalized spacial score (nSPS) is 12.6. The number of nitro groups is 1. The molecule has 3 aromatic carbocycles. The Bertz CT molecular complexity index is 1360. The maximum Gasteiger partial charge on any atom is 1.00 e. The zero-order chi connectivity index (χ0) is 20.8. The second-order valence-electron chi connectivity index (χ2n) is 5.87. The van der Waals surface area contributed by atoms with Crippen molar-refractivity contribution in [2.45, 2.75) is 4.90 Å². The number of nitrogens with zero attached hydrogens (tertiary/aromatic N) is 5. The molecule has 0 unspecified atom stereocenters. The van der Waals surface area contributed by atoms with E-state index in [9.17, 15) is 28.2 Å². The van der Waals surface area contributed by atoms with Crippen LogP contribution in [0.15, 0.2) is 67.9 Å². The Morgan fingerprint density at radius 1 is 1.10 bits per heavy atom. The number of rotatable bonds is 4. The minimum atomic E-state index is -4.87. The molecular formula is C16H9N6NaO6S. The summed E-state index contributed by atoms with van der Waals surface area (Å²) in [6, 6.07) is 8.75. The standard InChI is InChI=1S/C16H10N6O6S.Na/c23-13-5-4-8(22(24)25)6-11(13)17-18-12-7-14(29(26,27)28)9-2-1-3-10-15(9)16(12)20-21-19-10;/h1-7,23H,(H,19,20)(H,26,27,28);/q;+1/p-1. The van der Waals surface area contributed by atoms with Crippen molar-refractivity contribution in [1.82, 2.24) is 0 Å². The molecule has 3 aromatic rings. The van der Waals surface area contributed by atoms with Crippen LogP contribution >= 0.6 is 0 Å². The van der Waals surface area contributed by atoms with E-state index in [-0.39, 0.29) is 63.4 Å². The van der Waals surface area contributed by atoms with Crippen LogP contribution < -0.4 is 35.0 Å². The van der Waals surface area contributed by atoms with Crippen LogP contribution in [-0.2, 0) is 10.1 Å². The number of non-ortho nitro benzene ring substituents is 1. The summed E-state index contributed by atoms with van der Waals surface area (Å²) in [5.74, 6) is -0.380. The Morgan fingerprint density at radius 2 is 1.83 bits per heavy atom. The van der Waals surface area contributed by atoms with E-state index in [0.717, 1.165) is 24.3 Å². The van der Waals surface area contributed by atoms with E-state index in [0.29, 0.717) is 11.1 Å². The van der Waals surface area contributed by atoms with Crippen LogP contribution in [0.1, 0.15) is 0 Å². The molecule has 0 saturated heterocycles. The van der Waals surface area contributed by atoms with Gasteiger partial charge >= 0.3 is 29.6 Å². The zero-order valence-corrected chi connectivity index (χ0v) is 18.0. The van der Waals surface area contributed by atoms with E-state index < -0.39 is 19.9 Å². The Hall–Kier alpha value is -2.97. The van der Waals surface area contributed by atoms with Gasteiger partial charge in [0.05, 0.1) is 15.5 Å². The molecule has 1 aliphatic heterocycles. The fraction of sp³-hybridized carbons (Fsp3) is 0. The number of hydrogen-bond donors (Lipinski definition) is 2. The first-order valence-corrected chi connectivity index (χ1v) is 9.28. The SMILES string of the molecule is O=[N+]([O-])c1ccc(O)c(N=Nc2cc(S(=O)(=O)[O-])c3cccc4c3c2N=NN4)c1.[Na+]. The van der Waals surface area contributed by atoms with Crippen molar-refractivity contribution in [1.29, 1.82) is 0 Å². The van der Waals surface area contributed by atoms with Crippen LogP contribution in [0.25, 0.3) is 10.8 Å². The van der Waals surface area contributed by atoms with Gasteiger partial charge in [-0.3, -0.25) is 15.5 Å². The average Bonchev–Trinajstić information content (AvgIpc) is 2.67. The first-order valence-electron chi connectivity index (χ1n) is 7.87. The summed E-state index contributed by atoms with van der Waals surface area (Å²) in [7, 11) is -4.87. The zero-order valence-electron chi connectivity index (χ0n) is 15.2. The van der Waals surface area contributed by atoms with Crippen LogP contribution in [0.5, 0.6) is 5.75 Å². The predicted octanol–water partition coefficient (Wildman–Crippen LogP) is 1.20. The smallest absolute Gasteiger partial charge is 0.744 e. The van der Waals surface area contributed by atoms with Crippen molar-refractivity contribution in [2.24, 2.45) is 20.6 Å². The average molecular weight is 436 g/mol. The summed E-state index contributed by atoms with van der Waals surface area (Å²) in [5.41, 5.74) is 2.50. The van der Waals surface area contributed by atoms with Gasteiger partial charge in [0.2, 0.25) is 0 Å². The monoisotopic (exact) mass is 436 g/mol. The number of anilines is 1. The number of phenolic OH excluding ortho intramolecular Hbond substituents is 1. The molecule has 146 valence electrons. The molecule has 0 aromatic heterocycles. The minimum absolute atomic E-state index is 0. The maximum absolute atomic E-state index is 11.8. The van der Waals surface area contributed by atoms with Gasteiger partial charge in [0.1, 0.15) is 32.9 Å². The van der Waals surface area contributed by atoms with E-state index >= 15 is 0 Å². The molecule has 0 saturated carbocycles. The number of aromatic hydroxyl groups is 1. The summed E-state index contributed by atoms with van der Waals surface area (Å²) >= 11 is 0.